The average Bonchev–Trinajstić information content (AvgIpc) is 2.37. The van der Waals surface area contributed by atoms with E-state index in [1.165, 1.54) is 25.3 Å². The second kappa shape index (κ2) is 6.34. The first-order valence-corrected chi connectivity index (χ1v) is 5.23. The van der Waals surface area contributed by atoms with E-state index in [1.54, 1.807) is 0 Å². The molecule has 0 aliphatic carbocycles. The van der Waals surface area contributed by atoms with Gasteiger partial charge in [0.05, 0.1) is 12.0 Å². The van der Waals surface area contributed by atoms with Crippen LogP contribution in [-0.2, 0) is 16.0 Å². The molecule has 8 heteroatoms. The zero-order valence-electron chi connectivity index (χ0n) is 10.0. The van der Waals surface area contributed by atoms with Crippen molar-refractivity contribution in [3.05, 3.63) is 33.9 Å². The molecule has 0 fully saturated rings. The normalized spacial score (nSPS) is 11.4. The number of nitro benzene ring substituents is 1. The number of rotatable bonds is 7. The largest absolute Gasteiger partial charge is 0.496 e. The van der Waals surface area contributed by atoms with Crippen molar-refractivity contribution in [1.29, 1.82) is 0 Å². The first-order valence-electron chi connectivity index (χ1n) is 5.23. The molecule has 1 unspecified atom stereocenters. The Kier molecular flexibility index (Phi) is 4.81. The molecule has 1 amide bonds. The number of methoxy groups -OCH3 is 1. The number of benzene rings is 1. The summed E-state index contributed by atoms with van der Waals surface area (Å²) in [7, 11) is 1.37. The number of carboxylic acids is 1. The minimum atomic E-state index is -1.24. The van der Waals surface area contributed by atoms with Crippen LogP contribution in [0.4, 0.5) is 5.69 Å². The molecule has 0 aromatic heterocycles. The van der Waals surface area contributed by atoms with Crippen molar-refractivity contribution < 1.29 is 24.4 Å². The molecule has 1 rings (SSSR count). The molecule has 0 aliphatic rings. The number of nitrogens with one attached hydrogen (secondary N) is 1. The fraction of sp³-hybridized carbons (Fsp3) is 0.273. The summed E-state index contributed by atoms with van der Waals surface area (Å²) in [6.45, 7) is 0. The van der Waals surface area contributed by atoms with Gasteiger partial charge in [-0.05, 0) is 6.07 Å². The van der Waals surface area contributed by atoms with Gasteiger partial charge in [0.25, 0.3) is 5.69 Å². The van der Waals surface area contributed by atoms with E-state index < -0.39 is 16.9 Å². The maximum Gasteiger partial charge on any atom is 0.326 e. The maximum atomic E-state index is 10.9. The van der Waals surface area contributed by atoms with E-state index in [9.17, 15) is 19.7 Å². The Labute approximate surface area is 108 Å². The third-order valence-corrected chi connectivity index (χ3v) is 2.47. The summed E-state index contributed by atoms with van der Waals surface area (Å²) in [5, 5.41) is 21.7. The van der Waals surface area contributed by atoms with Crippen LogP contribution in [0.25, 0.3) is 0 Å². The molecule has 19 heavy (non-hydrogen) atoms. The number of aliphatic carboxylic acids is 1. The molecule has 0 bridgehead atoms. The molecule has 1 atom stereocenters. The van der Waals surface area contributed by atoms with Crippen molar-refractivity contribution in [2.45, 2.75) is 12.5 Å². The first kappa shape index (κ1) is 14.4. The summed E-state index contributed by atoms with van der Waals surface area (Å²) in [6, 6.07) is 2.69. The van der Waals surface area contributed by atoms with Gasteiger partial charge in [-0.15, -0.1) is 0 Å². The van der Waals surface area contributed by atoms with E-state index in [0.29, 0.717) is 11.3 Å². The number of nitrogens with zero attached hydrogens (tertiary/aromatic N) is 1. The van der Waals surface area contributed by atoms with Crippen molar-refractivity contribution in [3.63, 3.8) is 0 Å². The molecule has 2 N–H and O–H groups in total. The number of amides is 1. The summed E-state index contributed by atoms with van der Waals surface area (Å²) in [5.41, 5.74) is 0.157. The molecule has 1 aromatic rings. The standard InChI is InChI=1S/C11H12N2O6/c1-19-10-3-2-8(13(17)18)4-7(10)5-9(11(15)16)12-6-14/h2-4,6,9H,5H2,1H3,(H,12,14)(H,15,16). The number of carbonyl (C=O) groups excluding carboxylic acids is 1. The lowest BCUT2D eigenvalue weighted by atomic mass is 10.0. The molecule has 0 heterocycles. The van der Waals surface area contributed by atoms with Crippen LogP contribution >= 0.6 is 0 Å². The Morgan fingerprint density at radius 3 is 2.79 bits per heavy atom. The van der Waals surface area contributed by atoms with Gasteiger partial charge in [0.1, 0.15) is 11.8 Å². The lowest BCUT2D eigenvalue weighted by Crippen LogP contribution is -2.37. The Balaban J connectivity index is 3.08. The van der Waals surface area contributed by atoms with Crippen molar-refractivity contribution >= 4 is 18.1 Å². The molecular weight excluding hydrogens is 256 g/mol. The Bertz CT molecular complexity index is 502. The van der Waals surface area contributed by atoms with Gasteiger partial charge in [-0.25, -0.2) is 4.79 Å². The monoisotopic (exact) mass is 268 g/mol. The zero-order valence-corrected chi connectivity index (χ0v) is 10.0. The number of nitro groups is 1. The Morgan fingerprint density at radius 2 is 2.32 bits per heavy atom. The predicted molar refractivity (Wildman–Crippen MR) is 64.0 cm³/mol. The second-order valence-electron chi connectivity index (χ2n) is 3.63. The van der Waals surface area contributed by atoms with Gasteiger partial charge in [-0.3, -0.25) is 14.9 Å². The SMILES string of the molecule is COc1ccc([N+](=O)[O-])cc1CC(NC=O)C(=O)O. The highest BCUT2D eigenvalue weighted by atomic mass is 16.6. The fourth-order valence-electron chi connectivity index (χ4n) is 1.56. The Hall–Kier alpha value is -2.64. The van der Waals surface area contributed by atoms with E-state index in [-0.39, 0.29) is 18.5 Å². The van der Waals surface area contributed by atoms with Crippen LogP contribution in [0.2, 0.25) is 0 Å². The lowest BCUT2D eigenvalue weighted by molar-refractivity contribution is -0.384. The molecule has 102 valence electrons. The van der Waals surface area contributed by atoms with Gasteiger partial charge in [-0.1, -0.05) is 0 Å². The smallest absolute Gasteiger partial charge is 0.326 e. The summed E-state index contributed by atoms with van der Waals surface area (Å²) in [4.78, 5) is 31.3. The molecular formula is C11H12N2O6. The van der Waals surface area contributed by atoms with Crippen molar-refractivity contribution in [3.8, 4) is 5.75 Å². The number of carboxylic acid groups (broad SMARTS) is 1. The van der Waals surface area contributed by atoms with E-state index >= 15 is 0 Å². The highest BCUT2D eigenvalue weighted by Crippen LogP contribution is 2.25. The van der Waals surface area contributed by atoms with E-state index in [1.807, 2.05) is 0 Å². The van der Waals surface area contributed by atoms with Crippen LogP contribution in [0.1, 0.15) is 5.56 Å². The van der Waals surface area contributed by atoms with Gasteiger partial charge >= 0.3 is 5.97 Å². The summed E-state index contributed by atoms with van der Waals surface area (Å²) >= 11 is 0. The van der Waals surface area contributed by atoms with E-state index in [4.69, 9.17) is 9.84 Å². The highest BCUT2D eigenvalue weighted by Gasteiger charge is 2.20. The van der Waals surface area contributed by atoms with Crippen molar-refractivity contribution in [1.82, 2.24) is 5.32 Å². The second-order valence-corrected chi connectivity index (χ2v) is 3.63. The van der Waals surface area contributed by atoms with Gasteiger partial charge in [-0.2, -0.15) is 0 Å². The average molecular weight is 268 g/mol. The summed E-state index contributed by atoms with van der Waals surface area (Å²) < 4.78 is 5.01. The van der Waals surface area contributed by atoms with Crippen molar-refractivity contribution in [2.75, 3.05) is 7.11 Å². The van der Waals surface area contributed by atoms with E-state index in [2.05, 4.69) is 5.32 Å². The maximum absolute atomic E-state index is 10.9. The third kappa shape index (κ3) is 3.66. The molecule has 0 radical (unpaired) electrons. The van der Waals surface area contributed by atoms with Crippen LogP contribution in [0.3, 0.4) is 0 Å². The lowest BCUT2D eigenvalue weighted by Gasteiger charge is -2.13. The van der Waals surface area contributed by atoms with Gasteiger partial charge in [0, 0.05) is 24.1 Å². The van der Waals surface area contributed by atoms with Crippen LogP contribution < -0.4 is 10.1 Å². The Morgan fingerprint density at radius 1 is 1.63 bits per heavy atom. The third-order valence-electron chi connectivity index (χ3n) is 2.47. The van der Waals surface area contributed by atoms with Gasteiger partial charge < -0.3 is 15.2 Å². The predicted octanol–water partition coefficient (Wildman–Crippen LogP) is 0.345. The van der Waals surface area contributed by atoms with Crippen LogP contribution in [-0.4, -0.2) is 35.6 Å². The van der Waals surface area contributed by atoms with E-state index in [0.717, 1.165) is 0 Å². The zero-order chi connectivity index (χ0) is 14.4. The van der Waals surface area contributed by atoms with Crippen molar-refractivity contribution in [2.24, 2.45) is 0 Å². The van der Waals surface area contributed by atoms with Crippen LogP contribution in [0.15, 0.2) is 18.2 Å². The molecule has 0 aliphatic heterocycles. The summed E-state index contributed by atoms with van der Waals surface area (Å²) in [6.07, 6.45) is 0.154. The molecule has 8 nitrogen and oxygen atoms in total. The summed E-state index contributed by atoms with van der Waals surface area (Å²) in [5.74, 6) is -0.912. The first-order chi connectivity index (χ1) is 8.99. The van der Waals surface area contributed by atoms with Gasteiger partial charge in [0.2, 0.25) is 6.41 Å². The topological polar surface area (TPSA) is 119 Å². The molecule has 1 aromatic carbocycles. The van der Waals surface area contributed by atoms with Crippen LogP contribution in [0.5, 0.6) is 5.75 Å². The van der Waals surface area contributed by atoms with Crippen LogP contribution in [0, 0.1) is 10.1 Å². The number of hydrogen-bond acceptors (Lipinski definition) is 5. The fourth-order valence-corrected chi connectivity index (χ4v) is 1.56. The number of non-ortho nitro benzene ring substituents is 1. The minimum absolute atomic E-state index is 0.112. The van der Waals surface area contributed by atoms with Gasteiger partial charge in [0.15, 0.2) is 0 Å². The molecule has 0 spiro atoms. The molecule has 0 saturated heterocycles. The number of ether oxygens (including phenoxy) is 1. The molecule has 0 saturated carbocycles. The quantitative estimate of drug-likeness (QED) is 0.418. The minimum Gasteiger partial charge on any atom is -0.496 e. The number of carbonyl (C=O) groups is 2. The highest BCUT2D eigenvalue weighted by molar-refractivity contribution is 5.76. The number of hydrogen-bond donors (Lipinski definition) is 2.